The monoisotopic (exact) mass is 393 g/mol. The molecule has 0 bridgehead atoms. The van der Waals surface area contributed by atoms with Crippen LogP contribution in [0.3, 0.4) is 0 Å². The summed E-state index contributed by atoms with van der Waals surface area (Å²) in [6.45, 7) is 2.44. The maximum atomic E-state index is 12.5. The molecule has 1 heterocycles. The molecule has 0 saturated carbocycles. The summed E-state index contributed by atoms with van der Waals surface area (Å²) in [5.41, 5.74) is 1.54. The van der Waals surface area contributed by atoms with Crippen molar-refractivity contribution in [2.45, 2.75) is 0 Å². The van der Waals surface area contributed by atoms with Gasteiger partial charge >= 0.3 is 0 Å². The summed E-state index contributed by atoms with van der Waals surface area (Å²) in [5.74, 6) is 0.0219. The van der Waals surface area contributed by atoms with Crippen LogP contribution in [0.25, 0.3) is 0 Å². The number of benzene rings is 2. The average molecular weight is 394 g/mol. The van der Waals surface area contributed by atoms with Gasteiger partial charge in [-0.1, -0.05) is 29.8 Å². The van der Waals surface area contributed by atoms with E-state index < -0.39 is 0 Å². The summed E-state index contributed by atoms with van der Waals surface area (Å²) in [6, 6.07) is 16.5. The highest BCUT2D eigenvalue weighted by Crippen LogP contribution is 2.13. The number of halogens is 2. The normalized spacial score (nSPS) is 13.7. The van der Waals surface area contributed by atoms with Gasteiger partial charge in [-0.05, 0) is 36.4 Å². The number of carbonyl (C=O) groups is 2. The Morgan fingerprint density at radius 1 is 0.885 bits per heavy atom. The molecule has 1 saturated heterocycles. The number of hydrogen-bond donors (Lipinski definition) is 1. The van der Waals surface area contributed by atoms with Gasteiger partial charge < -0.3 is 15.1 Å². The molecular weight excluding hydrogens is 373 g/mol. The second-order valence-corrected chi connectivity index (χ2v) is 6.34. The minimum Gasteiger partial charge on any atom is -0.376 e. The largest absolute Gasteiger partial charge is 0.376 e. The lowest BCUT2D eigenvalue weighted by atomic mass is 10.2. The van der Waals surface area contributed by atoms with Gasteiger partial charge in [0.25, 0.3) is 5.91 Å². The Labute approximate surface area is 164 Å². The van der Waals surface area contributed by atoms with E-state index in [1.54, 1.807) is 34.1 Å². The van der Waals surface area contributed by atoms with Gasteiger partial charge in [-0.3, -0.25) is 9.59 Å². The van der Waals surface area contributed by atoms with Crippen LogP contribution in [0, 0.1) is 0 Å². The molecule has 1 N–H and O–H groups in total. The topological polar surface area (TPSA) is 52.7 Å². The molecule has 2 amide bonds. The molecule has 3 rings (SSSR count). The number of rotatable bonds is 4. The van der Waals surface area contributed by atoms with Crippen LogP contribution in [-0.4, -0.2) is 54.3 Å². The first-order valence-electron chi connectivity index (χ1n) is 8.25. The van der Waals surface area contributed by atoms with E-state index in [2.05, 4.69) is 5.32 Å². The first kappa shape index (κ1) is 20.1. The molecule has 0 spiro atoms. The lowest BCUT2D eigenvalue weighted by molar-refractivity contribution is -0.130. The molecule has 0 unspecified atom stereocenters. The Morgan fingerprint density at radius 2 is 1.46 bits per heavy atom. The van der Waals surface area contributed by atoms with E-state index in [-0.39, 0.29) is 30.8 Å². The Kier molecular flexibility index (Phi) is 7.30. The van der Waals surface area contributed by atoms with Crippen LogP contribution >= 0.6 is 24.0 Å². The summed E-state index contributed by atoms with van der Waals surface area (Å²) in [6.07, 6.45) is 0. The molecule has 0 aromatic heterocycles. The molecule has 1 aliphatic heterocycles. The Morgan fingerprint density at radius 3 is 2.08 bits per heavy atom. The predicted octanol–water partition coefficient (Wildman–Crippen LogP) is 3.16. The van der Waals surface area contributed by atoms with Gasteiger partial charge in [0.2, 0.25) is 5.91 Å². The molecule has 26 heavy (non-hydrogen) atoms. The number of piperazine rings is 1. The maximum Gasteiger partial charge on any atom is 0.253 e. The van der Waals surface area contributed by atoms with Crippen LogP contribution in [0.4, 0.5) is 5.69 Å². The molecule has 138 valence electrons. The number of amides is 2. The van der Waals surface area contributed by atoms with Crippen molar-refractivity contribution in [3.05, 3.63) is 65.2 Å². The van der Waals surface area contributed by atoms with Crippen molar-refractivity contribution in [3.8, 4) is 0 Å². The Hall–Kier alpha value is -2.24. The third-order valence-electron chi connectivity index (χ3n) is 4.23. The lowest BCUT2D eigenvalue weighted by Gasteiger charge is -2.35. The lowest BCUT2D eigenvalue weighted by Crippen LogP contribution is -2.51. The summed E-state index contributed by atoms with van der Waals surface area (Å²) in [4.78, 5) is 28.3. The molecule has 7 heteroatoms. The SMILES string of the molecule is Cl.O=C(CNc1ccccc1)N1CCN(C(=O)c2ccc(Cl)cc2)CC1. The number of carbonyl (C=O) groups excluding carboxylic acids is 2. The van der Waals surface area contributed by atoms with Gasteiger partial charge in [-0.2, -0.15) is 0 Å². The van der Waals surface area contributed by atoms with Gasteiger partial charge in [0.05, 0.1) is 6.54 Å². The van der Waals surface area contributed by atoms with Gasteiger partial charge in [-0.25, -0.2) is 0 Å². The van der Waals surface area contributed by atoms with E-state index in [1.807, 2.05) is 30.3 Å². The quantitative estimate of drug-likeness (QED) is 0.867. The maximum absolute atomic E-state index is 12.5. The van der Waals surface area contributed by atoms with Crippen molar-refractivity contribution in [1.82, 2.24) is 9.80 Å². The fraction of sp³-hybridized carbons (Fsp3) is 0.263. The average Bonchev–Trinajstić information content (AvgIpc) is 2.67. The van der Waals surface area contributed by atoms with Crippen molar-refractivity contribution in [3.63, 3.8) is 0 Å². The second kappa shape index (κ2) is 9.46. The van der Waals surface area contributed by atoms with Crippen molar-refractivity contribution in [2.24, 2.45) is 0 Å². The van der Waals surface area contributed by atoms with Crippen LogP contribution < -0.4 is 5.32 Å². The zero-order valence-corrected chi connectivity index (χ0v) is 15.8. The van der Waals surface area contributed by atoms with Gasteiger partial charge in [-0.15, -0.1) is 12.4 Å². The molecule has 0 aliphatic carbocycles. The number of para-hydroxylation sites is 1. The highest BCUT2D eigenvalue weighted by atomic mass is 35.5. The molecular formula is C19H21Cl2N3O2. The van der Waals surface area contributed by atoms with Crippen LogP contribution in [0.1, 0.15) is 10.4 Å². The number of nitrogens with one attached hydrogen (secondary N) is 1. The van der Waals surface area contributed by atoms with Gasteiger partial charge in [0.15, 0.2) is 0 Å². The first-order chi connectivity index (χ1) is 12.1. The minimum atomic E-state index is -0.0221. The van der Waals surface area contributed by atoms with Crippen molar-refractivity contribution in [2.75, 3.05) is 38.0 Å². The van der Waals surface area contributed by atoms with Crippen molar-refractivity contribution in [1.29, 1.82) is 0 Å². The van der Waals surface area contributed by atoms with E-state index in [1.165, 1.54) is 0 Å². The highest BCUT2D eigenvalue weighted by Gasteiger charge is 2.24. The fourth-order valence-corrected chi connectivity index (χ4v) is 2.91. The number of anilines is 1. The number of nitrogens with zero attached hydrogens (tertiary/aromatic N) is 2. The summed E-state index contributed by atoms with van der Waals surface area (Å²) in [5, 5.41) is 3.73. The summed E-state index contributed by atoms with van der Waals surface area (Å²) < 4.78 is 0. The van der Waals surface area contributed by atoms with E-state index in [0.29, 0.717) is 36.8 Å². The Balaban J connectivity index is 0.00000243. The second-order valence-electron chi connectivity index (χ2n) is 5.90. The highest BCUT2D eigenvalue weighted by molar-refractivity contribution is 6.30. The zero-order chi connectivity index (χ0) is 17.6. The molecule has 0 radical (unpaired) electrons. The van der Waals surface area contributed by atoms with Crippen molar-refractivity contribution >= 4 is 41.5 Å². The first-order valence-corrected chi connectivity index (χ1v) is 8.63. The van der Waals surface area contributed by atoms with E-state index in [0.717, 1.165) is 5.69 Å². The van der Waals surface area contributed by atoms with E-state index >= 15 is 0 Å². The Bertz CT molecular complexity index is 730. The summed E-state index contributed by atoms with van der Waals surface area (Å²) >= 11 is 5.86. The van der Waals surface area contributed by atoms with Gasteiger partial charge in [0, 0.05) is 42.5 Å². The fourth-order valence-electron chi connectivity index (χ4n) is 2.78. The third-order valence-corrected chi connectivity index (χ3v) is 4.48. The predicted molar refractivity (Wildman–Crippen MR) is 106 cm³/mol. The van der Waals surface area contributed by atoms with Crippen LogP contribution in [0.2, 0.25) is 5.02 Å². The van der Waals surface area contributed by atoms with Crippen LogP contribution in [-0.2, 0) is 4.79 Å². The zero-order valence-electron chi connectivity index (χ0n) is 14.2. The molecule has 2 aromatic carbocycles. The molecule has 1 fully saturated rings. The van der Waals surface area contributed by atoms with Crippen LogP contribution in [0.5, 0.6) is 0 Å². The summed E-state index contributed by atoms with van der Waals surface area (Å²) in [7, 11) is 0. The molecule has 1 aliphatic rings. The smallest absolute Gasteiger partial charge is 0.253 e. The standard InChI is InChI=1S/C19H20ClN3O2.ClH/c20-16-8-6-15(7-9-16)19(25)23-12-10-22(11-13-23)18(24)14-21-17-4-2-1-3-5-17;/h1-9,21H,10-14H2;1H. The minimum absolute atomic E-state index is 0. The third kappa shape index (κ3) is 5.13. The van der Waals surface area contributed by atoms with Crippen molar-refractivity contribution < 1.29 is 9.59 Å². The van der Waals surface area contributed by atoms with Gasteiger partial charge in [0.1, 0.15) is 0 Å². The molecule has 5 nitrogen and oxygen atoms in total. The van der Waals surface area contributed by atoms with E-state index in [4.69, 9.17) is 11.6 Å². The van der Waals surface area contributed by atoms with E-state index in [9.17, 15) is 9.59 Å². The molecule has 0 atom stereocenters. The number of hydrogen-bond acceptors (Lipinski definition) is 3. The van der Waals surface area contributed by atoms with Crippen LogP contribution in [0.15, 0.2) is 54.6 Å². The molecule has 2 aromatic rings.